The van der Waals surface area contributed by atoms with Crippen molar-refractivity contribution in [1.29, 1.82) is 0 Å². The molecule has 1 aromatic carbocycles. The maximum Gasteiger partial charge on any atom is 0.334 e. The van der Waals surface area contributed by atoms with Gasteiger partial charge in [-0.2, -0.15) is 0 Å². The van der Waals surface area contributed by atoms with Crippen molar-refractivity contribution >= 4 is 23.6 Å². The second-order valence-corrected chi connectivity index (χ2v) is 4.78. The van der Waals surface area contributed by atoms with E-state index in [-0.39, 0.29) is 5.78 Å². The molecule has 20 heavy (non-hydrogen) atoms. The first-order valence-corrected chi connectivity index (χ1v) is 6.07. The van der Waals surface area contributed by atoms with E-state index in [1.807, 2.05) is 13.0 Å². The zero-order valence-corrected chi connectivity index (χ0v) is 11.5. The highest BCUT2D eigenvalue weighted by atomic mass is 16.2. The number of benzene rings is 1. The minimum absolute atomic E-state index is 0.365. The fourth-order valence-electron chi connectivity index (χ4n) is 2.02. The number of ketones is 1. The first kappa shape index (κ1) is 13.9. The Morgan fingerprint density at radius 1 is 1.10 bits per heavy atom. The van der Waals surface area contributed by atoms with Crippen LogP contribution in [0.5, 0.6) is 0 Å². The van der Waals surface area contributed by atoms with Crippen LogP contribution in [0, 0.1) is 13.8 Å². The van der Waals surface area contributed by atoms with E-state index in [1.54, 1.807) is 19.1 Å². The molecule has 1 saturated heterocycles. The van der Waals surface area contributed by atoms with Crippen LogP contribution in [-0.4, -0.2) is 47.0 Å². The quantitative estimate of drug-likeness (QED) is 0.466. The first-order chi connectivity index (χ1) is 9.32. The van der Waals surface area contributed by atoms with Crippen molar-refractivity contribution in [2.45, 2.75) is 13.8 Å². The maximum absolute atomic E-state index is 12.2. The lowest BCUT2D eigenvalue weighted by Crippen LogP contribution is -2.36. The second kappa shape index (κ2) is 4.88. The smallest absolute Gasteiger partial charge is 0.292 e. The summed E-state index contributed by atoms with van der Waals surface area (Å²) >= 11 is 0. The molecule has 1 heterocycles. The summed E-state index contributed by atoms with van der Waals surface area (Å²) < 4.78 is 0. The van der Waals surface area contributed by atoms with Crippen LogP contribution in [0.25, 0.3) is 0 Å². The zero-order chi connectivity index (χ0) is 15.0. The number of urea groups is 1. The number of rotatable bonds is 3. The Labute approximate surface area is 116 Å². The van der Waals surface area contributed by atoms with Gasteiger partial charge in [-0.1, -0.05) is 17.7 Å². The third-order valence-electron chi connectivity index (χ3n) is 3.25. The Kier molecular flexibility index (Phi) is 3.40. The maximum atomic E-state index is 12.2. The van der Waals surface area contributed by atoms with Gasteiger partial charge in [-0.25, -0.2) is 9.69 Å². The fraction of sp³-hybridized carbons (Fsp3) is 0.286. The number of hydrogen-bond acceptors (Lipinski definition) is 4. The molecule has 4 amide bonds. The lowest BCUT2D eigenvalue weighted by molar-refractivity contribution is -0.142. The molecular weight excluding hydrogens is 260 g/mol. The van der Waals surface area contributed by atoms with Gasteiger partial charge in [-0.05, 0) is 25.5 Å². The van der Waals surface area contributed by atoms with Gasteiger partial charge in [0.1, 0.15) is 0 Å². The average molecular weight is 274 g/mol. The molecule has 0 atom stereocenters. The number of carbonyl (C=O) groups excluding carboxylic acids is 4. The number of Topliss-reactive ketones (excluding diaryl/α,β-unsaturated/α-hetero) is 1. The van der Waals surface area contributed by atoms with Crippen LogP contribution in [0.2, 0.25) is 0 Å². The van der Waals surface area contributed by atoms with E-state index < -0.39 is 24.4 Å². The molecule has 0 aromatic heterocycles. The van der Waals surface area contributed by atoms with Crippen LogP contribution in [0.15, 0.2) is 18.2 Å². The van der Waals surface area contributed by atoms with Gasteiger partial charge >= 0.3 is 17.8 Å². The molecule has 6 nitrogen and oxygen atoms in total. The summed E-state index contributed by atoms with van der Waals surface area (Å²) in [6, 6.07) is 4.61. The van der Waals surface area contributed by atoms with Crippen molar-refractivity contribution in [3.05, 3.63) is 34.9 Å². The van der Waals surface area contributed by atoms with E-state index >= 15 is 0 Å². The molecule has 6 heteroatoms. The van der Waals surface area contributed by atoms with Crippen LogP contribution in [0.1, 0.15) is 21.5 Å². The normalized spacial score (nSPS) is 15.2. The molecule has 0 spiro atoms. The third-order valence-corrected chi connectivity index (χ3v) is 3.25. The third kappa shape index (κ3) is 2.20. The number of amides is 4. The zero-order valence-electron chi connectivity index (χ0n) is 11.5. The van der Waals surface area contributed by atoms with E-state index in [0.29, 0.717) is 15.4 Å². The summed E-state index contributed by atoms with van der Waals surface area (Å²) in [4.78, 5) is 48.3. The van der Waals surface area contributed by atoms with Crippen molar-refractivity contribution in [2.75, 3.05) is 13.6 Å². The molecule has 0 radical (unpaired) electrons. The summed E-state index contributed by atoms with van der Waals surface area (Å²) in [6.45, 7) is 3.20. The summed E-state index contributed by atoms with van der Waals surface area (Å²) in [5, 5.41) is 0. The number of aryl methyl sites for hydroxylation is 2. The van der Waals surface area contributed by atoms with Gasteiger partial charge in [0, 0.05) is 12.6 Å². The van der Waals surface area contributed by atoms with Gasteiger partial charge in [0.2, 0.25) is 0 Å². The molecule has 0 N–H and O–H groups in total. The van der Waals surface area contributed by atoms with E-state index in [1.165, 1.54) is 7.05 Å². The van der Waals surface area contributed by atoms with Gasteiger partial charge in [-0.15, -0.1) is 0 Å². The predicted molar refractivity (Wildman–Crippen MR) is 70.1 cm³/mol. The van der Waals surface area contributed by atoms with Gasteiger partial charge in [-0.3, -0.25) is 19.3 Å². The van der Waals surface area contributed by atoms with E-state index in [4.69, 9.17) is 0 Å². The molecule has 0 aliphatic carbocycles. The van der Waals surface area contributed by atoms with Crippen molar-refractivity contribution in [1.82, 2.24) is 9.80 Å². The van der Waals surface area contributed by atoms with E-state index in [0.717, 1.165) is 11.1 Å². The van der Waals surface area contributed by atoms with E-state index in [9.17, 15) is 19.2 Å². The number of likely N-dealkylation sites (N-methyl/N-ethyl adjacent to an activating group) is 1. The SMILES string of the molecule is Cc1ccc(C)c(C(=O)CN2C(=O)C(=O)N(C)C2=O)c1. The van der Waals surface area contributed by atoms with Crippen LogP contribution < -0.4 is 0 Å². The second-order valence-electron chi connectivity index (χ2n) is 4.78. The minimum atomic E-state index is -0.962. The van der Waals surface area contributed by atoms with Gasteiger partial charge < -0.3 is 0 Å². The summed E-state index contributed by atoms with van der Waals surface area (Å²) in [5.41, 5.74) is 2.12. The predicted octanol–water partition coefficient (Wildman–Crippen LogP) is 0.907. The van der Waals surface area contributed by atoms with Gasteiger partial charge in [0.15, 0.2) is 5.78 Å². The Hall–Kier alpha value is -2.50. The first-order valence-electron chi connectivity index (χ1n) is 6.07. The summed E-state index contributed by atoms with van der Waals surface area (Å²) in [7, 11) is 1.21. The highest BCUT2D eigenvalue weighted by Crippen LogP contribution is 2.15. The van der Waals surface area contributed by atoms with Gasteiger partial charge in [0.05, 0.1) is 6.54 Å². The number of hydrogen-bond donors (Lipinski definition) is 0. The summed E-state index contributed by atoms with van der Waals surface area (Å²) in [6.07, 6.45) is 0. The molecular formula is C14H14N2O4. The van der Waals surface area contributed by atoms with Crippen molar-refractivity contribution in [3.63, 3.8) is 0 Å². The van der Waals surface area contributed by atoms with Crippen LogP contribution in [0.3, 0.4) is 0 Å². The highest BCUT2D eigenvalue weighted by Gasteiger charge is 2.43. The Bertz CT molecular complexity index is 636. The molecule has 104 valence electrons. The monoisotopic (exact) mass is 274 g/mol. The van der Waals surface area contributed by atoms with Crippen molar-refractivity contribution in [2.24, 2.45) is 0 Å². The molecule has 1 fully saturated rings. The minimum Gasteiger partial charge on any atom is -0.292 e. The van der Waals surface area contributed by atoms with Crippen LogP contribution in [0.4, 0.5) is 4.79 Å². The number of imide groups is 2. The van der Waals surface area contributed by atoms with Crippen LogP contribution >= 0.6 is 0 Å². The molecule has 2 rings (SSSR count). The average Bonchev–Trinajstić information content (AvgIpc) is 2.59. The van der Waals surface area contributed by atoms with Crippen LogP contribution in [-0.2, 0) is 9.59 Å². The topological polar surface area (TPSA) is 74.8 Å². The number of carbonyl (C=O) groups is 4. The Balaban J connectivity index is 2.24. The standard InChI is InChI=1S/C14H14N2O4/c1-8-4-5-9(2)10(6-8)11(17)7-16-13(19)12(18)15(3)14(16)20/h4-6H,7H2,1-3H3. The lowest BCUT2D eigenvalue weighted by atomic mass is 10.0. The molecule has 0 unspecified atom stereocenters. The fourth-order valence-corrected chi connectivity index (χ4v) is 2.02. The Morgan fingerprint density at radius 2 is 1.75 bits per heavy atom. The lowest BCUT2D eigenvalue weighted by Gasteiger charge is -2.13. The van der Waals surface area contributed by atoms with E-state index in [2.05, 4.69) is 0 Å². The van der Waals surface area contributed by atoms with Gasteiger partial charge in [0.25, 0.3) is 0 Å². The molecule has 1 aromatic rings. The van der Waals surface area contributed by atoms with Crippen molar-refractivity contribution < 1.29 is 19.2 Å². The molecule has 1 aliphatic rings. The highest BCUT2D eigenvalue weighted by molar-refractivity contribution is 6.45. The summed E-state index contributed by atoms with van der Waals surface area (Å²) in [5.74, 6) is -2.24. The molecule has 1 aliphatic heterocycles. The van der Waals surface area contributed by atoms with Crippen molar-refractivity contribution in [3.8, 4) is 0 Å². The molecule has 0 bridgehead atoms. The largest absolute Gasteiger partial charge is 0.334 e. The molecule has 0 saturated carbocycles. The number of nitrogens with zero attached hydrogens (tertiary/aromatic N) is 2. The Morgan fingerprint density at radius 3 is 2.30 bits per heavy atom.